The average Bonchev–Trinajstić information content (AvgIpc) is 2.55. The summed E-state index contributed by atoms with van der Waals surface area (Å²) in [6, 6.07) is 8.48. The van der Waals surface area contributed by atoms with Gasteiger partial charge in [0, 0.05) is 33.8 Å². The van der Waals surface area contributed by atoms with Gasteiger partial charge in [-0.2, -0.15) is 0 Å². The minimum Gasteiger partial charge on any atom is -0.444 e. The highest BCUT2D eigenvalue weighted by Crippen LogP contribution is 2.17. The number of methoxy groups -OCH3 is 1. The van der Waals surface area contributed by atoms with E-state index in [-0.39, 0.29) is 6.09 Å². The molecule has 1 aliphatic rings. The number of piperidine rings is 1. The Morgan fingerprint density at radius 3 is 2.48 bits per heavy atom. The van der Waals surface area contributed by atoms with Gasteiger partial charge in [-0.1, -0.05) is 24.3 Å². The molecular formula is C20H32N2O3. The van der Waals surface area contributed by atoms with E-state index in [0.29, 0.717) is 12.6 Å². The summed E-state index contributed by atoms with van der Waals surface area (Å²) in [5.41, 5.74) is 1.93. The summed E-state index contributed by atoms with van der Waals surface area (Å²) in [7, 11) is 3.56. The highest BCUT2D eigenvalue weighted by molar-refractivity contribution is 5.67. The molecule has 0 aliphatic carbocycles. The maximum Gasteiger partial charge on any atom is 0.410 e. The number of carbonyl (C=O) groups is 1. The number of benzene rings is 1. The quantitative estimate of drug-likeness (QED) is 0.814. The number of hydrogen-bond donors (Lipinski definition) is 0. The van der Waals surface area contributed by atoms with Crippen LogP contribution in [0.15, 0.2) is 24.3 Å². The van der Waals surface area contributed by atoms with E-state index in [2.05, 4.69) is 29.2 Å². The summed E-state index contributed by atoms with van der Waals surface area (Å²) in [4.78, 5) is 16.1. The van der Waals surface area contributed by atoms with E-state index >= 15 is 0 Å². The summed E-state index contributed by atoms with van der Waals surface area (Å²) in [6.07, 6.45) is 2.41. The second-order valence-corrected chi connectivity index (χ2v) is 7.89. The molecule has 1 atom stereocenters. The van der Waals surface area contributed by atoms with Crippen LogP contribution in [0.25, 0.3) is 0 Å². The molecule has 1 aromatic carbocycles. The summed E-state index contributed by atoms with van der Waals surface area (Å²) in [6.45, 7) is 9.25. The Morgan fingerprint density at radius 2 is 1.88 bits per heavy atom. The fraction of sp³-hybridized carbons (Fsp3) is 0.650. The van der Waals surface area contributed by atoms with E-state index in [1.807, 2.05) is 20.8 Å². The zero-order chi connectivity index (χ0) is 18.4. The summed E-state index contributed by atoms with van der Waals surface area (Å²) < 4.78 is 10.9. The number of hydrogen-bond acceptors (Lipinski definition) is 4. The van der Waals surface area contributed by atoms with Crippen molar-refractivity contribution in [2.75, 3.05) is 27.2 Å². The minimum atomic E-state index is -0.469. The van der Waals surface area contributed by atoms with Crippen molar-refractivity contribution in [1.29, 1.82) is 0 Å². The Kier molecular flexibility index (Phi) is 6.85. The second kappa shape index (κ2) is 8.68. The van der Waals surface area contributed by atoms with Gasteiger partial charge in [-0.05, 0) is 51.3 Å². The largest absolute Gasteiger partial charge is 0.444 e. The second-order valence-electron chi connectivity index (χ2n) is 7.89. The third kappa shape index (κ3) is 6.67. The van der Waals surface area contributed by atoms with E-state index in [1.165, 1.54) is 12.0 Å². The molecule has 0 saturated carbocycles. The summed E-state index contributed by atoms with van der Waals surface area (Å²) in [5, 5.41) is 0. The van der Waals surface area contributed by atoms with Crippen molar-refractivity contribution in [1.82, 2.24) is 9.80 Å². The Balaban J connectivity index is 1.86. The van der Waals surface area contributed by atoms with Crippen LogP contribution in [-0.2, 0) is 22.6 Å². The first-order valence-corrected chi connectivity index (χ1v) is 9.04. The first-order valence-electron chi connectivity index (χ1n) is 9.04. The number of likely N-dealkylation sites (tertiary alicyclic amines) is 1. The Hall–Kier alpha value is -1.59. The van der Waals surface area contributed by atoms with Gasteiger partial charge in [0.15, 0.2) is 0 Å². The maximum absolute atomic E-state index is 12.0. The molecule has 0 N–H and O–H groups in total. The van der Waals surface area contributed by atoms with Crippen molar-refractivity contribution in [3.8, 4) is 0 Å². The van der Waals surface area contributed by atoms with Gasteiger partial charge in [0.2, 0.25) is 0 Å². The molecule has 0 aromatic heterocycles. The number of ether oxygens (including phenoxy) is 2. The molecule has 1 amide bonds. The van der Waals surface area contributed by atoms with Gasteiger partial charge in [0.1, 0.15) is 5.60 Å². The zero-order valence-corrected chi connectivity index (χ0v) is 16.2. The van der Waals surface area contributed by atoms with Crippen LogP contribution < -0.4 is 0 Å². The van der Waals surface area contributed by atoms with E-state index in [0.717, 1.165) is 31.6 Å². The van der Waals surface area contributed by atoms with Crippen molar-refractivity contribution in [2.24, 2.45) is 0 Å². The molecule has 5 nitrogen and oxygen atoms in total. The van der Waals surface area contributed by atoms with E-state index in [1.54, 1.807) is 19.1 Å². The van der Waals surface area contributed by atoms with Crippen LogP contribution in [0.5, 0.6) is 0 Å². The first kappa shape index (κ1) is 19.7. The lowest BCUT2D eigenvalue weighted by molar-refractivity contribution is 0.0284. The van der Waals surface area contributed by atoms with E-state index in [4.69, 9.17) is 9.47 Å². The molecule has 0 bridgehead atoms. The fourth-order valence-corrected chi connectivity index (χ4v) is 3.04. The van der Waals surface area contributed by atoms with E-state index < -0.39 is 5.60 Å². The minimum absolute atomic E-state index is 0.296. The van der Waals surface area contributed by atoms with Gasteiger partial charge in [0.25, 0.3) is 0 Å². The molecule has 1 saturated heterocycles. The predicted octanol–water partition coefficient (Wildman–Crippen LogP) is 3.66. The molecule has 1 heterocycles. The number of rotatable bonds is 5. The number of amides is 1. The Bertz CT molecular complexity index is 551. The van der Waals surface area contributed by atoms with Crippen LogP contribution in [0.1, 0.15) is 44.7 Å². The highest BCUT2D eigenvalue weighted by atomic mass is 16.6. The molecule has 140 valence electrons. The lowest BCUT2D eigenvalue weighted by atomic mass is 10.1. The fourth-order valence-electron chi connectivity index (χ4n) is 3.04. The third-order valence-corrected chi connectivity index (χ3v) is 4.35. The molecule has 1 unspecified atom stereocenters. The SMILES string of the molecule is COC1CCCN(Cc2ccc(CN(C)C(=O)OC(C)(C)C)cc2)C1. The lowest BCUT2D eigenvalue weighted by Gasteiger charge is -2.31. The molecule has 0 spiro atoms. The van der Waals surface area contributed by atoms with Gasteiger partial charge < -0.3 is 14.4 Å². The molecule has 2 rings (SSSR count). The topological polar surface area (TPSA) is 42.0 Å². The van der Waals surface area contributed by atoms with Crippen LogP contribution >= 0.6 is 0 Å². The zero-order valence-electron chi connectivity index (χ0n) is 16.2. The van der Waals surface area contributed by atoms with Gasteiger partial charge in [-0.3, -0.25) is 4.90 Å². The lowest BCUT2D eigenvalue weighted by Crippen LogP contribution is -2.38. The van der Waals surface area contributed by atoms with Crippen molar-refractivity contribution >= 4 is 6.09 Å². The molecule has 1 aliphatic heterocycles. The maximum atomic E-state index is 12.0. The molecule has 1 fully saturated rings. The standard InChI is InChI=1S/C20H32N2O3/c1-20(2,3)25-19(23)21(4)13-16-8-10-17(11-9-16)14-22-12-6-7-18(15-22)24-5/h8-11,18H,6-7,12-15H2,1-5H3. The normalized spacial score (nSPS) is 18.8. The van der Waals surface area contributed by atoms with Gasteiger partial charge in [-0.25, -0.2) is 4.79 Å². The Labute approximate surface area is 151 Å². The van der Waals surface area contributed by atoms with Crippen molar-refractivity contribution in [3.05, 3.63) is 35.4 Å². The monoisotopic (exact) mass is 348 g/mol. The summed E-state index contributed by atoms with van der Waals surface area (Å²) in [5.74, 6) is 0. The van der Waals surface area contributed by atoms with Crippen LogP contribution in [0.4, 0.5) is 4.79 Å². The smallest absolute Gasteiger partial charge is 0.410 e. The predicted molar refractivity (Wildman–Crippen MR) is 99.5 cm³/mol. The number of carbonyl (C=O) groups excluding carboxylic acids is 1. The van der Waals surface area contributed by atoms with Crippen molar-refractivity contribution in [2.45, 2.75) is 58.4 Å². The molecule has 0 radical (unpaired) electrons. The van der Waals surface area contributed by atoms with Gasteiger partial charge >= 0.3 is 6.09 Å². The van der Waals surface area contributed by atoms with Gasteiger partial charge in [-0.15, -0.1) is 0 Å². The van der Waals surface area contributed by atoms with Crippen LogP contribution in [0, 0.1) is 0 Å². The molecular weight excluding hydrogens is 316 g/mol. The van der Waals surface area contributed by atoms with E-state index in [9.17, 15) is 4.79 Å². The Morgan fingerprint density at radius 1 is 1.24 bits per heavy atom. The third-order valence-electron chi connectivity index (χ3n) is 4.35. The molecule has 25 heavy (non-hydrogen) atoms. The molecule has 1 aromatic rings. The van der Waals surface area contributed by atoms with Crippen molar-refractivity contribution < 1.29 is 14.3 Å². The average molecular weight is 348 g/mol. The van der Waals surface area contributed by atoms with Crippen LogP contribution in [0.2, 0.25) is 0 Å². The number of nitrogens with zero attached hydrogens (tertiary/aromatic N) is 2. The van der Waals surface area contributed by atoms with Crippen molar-refractivity contribution in [3.63, 3.8) is 0 Å². The van der Waals surface area contributed by atoms with Gasteiger partial charge in [0.05, 0.1) is 6.10 Å². The van der Waals surface area contributed by atoms with Crippen LogP contribution in [-0.4, -0.2) is 54.8 Å². The molecule has 5 heteroatoms. The summed E-state index contributed by atoms with van der Waals surface area (Å²) >= 11 is 0. The highest BCUT2D eigenvalue weighted by Gasteiger charge is 2.20. The van der Waals surface area contributed by atoms with Crippen LogP contribution in [0.3, 0.4) is 0 Å². The first-order chi connectivity index (χ1) is 11.8.